The number of halogens is 1. The molecule has 1 heterocycles. The van der Waals surface area contributed by atoms with E-state index in [2.05, 4.69) is 0 Å². The molecular weight excluding hydrogens is 310 g/mol. The van der Waals surface area contributed by atoms with Crippen LogP contribution in [0.4, 0.5) is 0 Å². The topological polar surface area (TPSA) is 114 Å². The summed E-state index contributed by atoms with van der Waals surface area (Å²) in [6.07, 6.45) is -0.193. The van der Waals surface area contributed by atoms with Crippen LogP contribution in [0, 0.1) is 6.92 Å². The highest BCUT2D eigenvalue weighted by atomic mass is 35.5. The molecule has 0 radical (unpaired) electrons. The normalized spacial score (nSPS) is 12.1. The lowest BCUT2D eigenvalue weighted by atomic mass is 9.92. The standard InChI is InChI=1S/C15H14ClNO5/c1-7-4-12(19)14(21)15(22-7)9(6-13(17)20)8-2-3-11(18)10(16)5-8/h2-5,9,18,21H,6H2,1H3,(H2,17,20)/t9-/m1/s1. The summed E-state index contributed by atoms with van der Waals surface area (Å²) in [5.74, 6) is -1.91. The van der Waals surface area contributed by atoms with Gasteiger partial charge in [0.2, 0.25) is 17.1 Å². The van der Waals surface area contributed by atoms with E-state index >= 15 is 0 Å². The van der Waals surface area contributed by atoms with E-state index in [9.17, 15) is 19.8 Å². The Morgan fingerprint density at radius 3 is 2.64 bits per heavy atom. The summed E-state index contributed by atoms with van der Waals surface area (Å²) in [5, 5.41) is 19.5. The van der Waals surface area contributed by atoms with Crippen molar-refractivity contribution in [1.29, 1.82) is 0 Å². The predicted octanol–water partition coefficient (Wildman–Crippen LogP) is 2.02. The van der Waals surface area contributed by atoms with Crippen LogP contribution in [0.3, 0.4) is 0 Å². The Balaban J connectivity index is 2.62. The number of nitrogens with two attached hydrogens (primary N) is 1. The van der Waals surface area contributed by atoms with Crippen molar-refractivity contribution in [3.05, 3.63) is 56.6 Å². The zero-order valence-corrected chi connectivity index (χ0v) is 12.4. The van der Waals surface area contributed by atoms with E-state index < -0.39 is 23.0 Å². The van der Waals surface area contributed by atoms with Gasteiger partial charge < -0.3 is 20.4 Å². The fourth-order valence-electron chi connectivity index (χ4n) is 2.16. The highest BCUT2D eigenvalue weighted by Crippen LogP contribution is 2.35. The molecule has 4 N–H and O–H groups in total. The summed E-state index contributed by atoms with van der Waals surface area (Å²) in [6.45, 7) is 1.55. The van der Waals surface area contributed by atoms with E-state index in [-0.39, 0.29) is 28.7 Å². The lowest BCUT2D eigenvalue weighted by molar-refractivity contribution is -0.118. The summed E-state index contributed by atoms with van der Waals surface area (Å²) in [7, 11) is 0. The second-order valence-corrected chi connectivity index (χ2v) is 5.28. The molecule has 22 heavy (non-hydrogen) atoms. The van der Waals surface area contributed by atoms with E-state index in [1.54, 1.807) is 6.92 Å². The van der Waals surface area contributed by atoms with Crippen LogP contribution in [0.5, 0.6) is 11.5 Å². The zero-order chi connectivity index (χ0) is 16.4. The number of amides is 1. The first-order chi connectivity index (χ1) is 10.3. The molecule has 0 saturated heterocycles. The fraction of sp³-hybridized carbons (Fsp3) is 0.200. The zero-order valence-electron chi connectivity index (χ0n) is 11.7. The molecule has 1 aromatic heterocycles. The third-order valence-corrected chi connectivity index (χ3v) is 3.47. The number of hydrogen-bond acceptors (Lipinski definition) is 5. The van der Waals surface area contributed by atoms with Gasteiger partial charge in [0.15, 0.2) is 5.76 Å². The maximum Gasteiger partial charge on any atom is 0.227 e. The largest absolute Gasteiger partial charge is 0.506 e. The van der Waals surface area contributed by atoms with Gasteiger partial charge in [-0.1, -0.05) is 17.7 Å². The Morgan fingerprint density at radius 2 is 2.05 bits per heavy atom. The van der Waals surface area contributed by atoms with E-state index in [1.807, 2.05) is 0 Å². The number of rotatable bonds is 4. The lowest BCUT2D eigenvalue weighted by Crippen LogP contribution is -2.17. The lowest BCUT2D eigenvalue weighted by Gasteiger charge is -2.17. The second kappa shape index (κ2) is 6.11. The highest BCUT2D eigenvalue weighted by molar-refractivity contribution is 6.32. The second-order valence-electron chi connectivity index (χ2n) is 4.87. The first-order valence-corrected chi connectivity index (χ1v) is 6.77. The highest BCUT2D eigenvalue weighted by Gasteiger charge is 2.25. The van der Waals surface area contributed by atoms with Gasteiger partial charge in [0.25, 0.3) is 0 Å². The van der Waals surface area contributed by atoms with Crippen molar-refractivity contribution in [2.75, 3.05) is 0 Å². The number of phenolic OH excluding ortho intramolecular Hbond substituents is 1. The maximum atomic E-state index is 11.7. The summed E-state index contributed by atoms with van der Waals surface area (Å²) in [5.41, 5.74) is 5.10. The molecule has 0 aliphatic rings. The van der Waals surface area contributed by atoms with Crippen LogP contribution in [0.1, 0.15) is 29.4 Å². The Morgan fingerprint density at radius 1 is 1.36 bits per heavy atom. The molecule has 2 aromatic rings. The average Bonchev–Trinajstić information content (AvgIpc) is 2.43. The Bertz CT molecular complexity index is 784. The van der Waals surface area contributed by atoms with Crippen LogP contribution in [-0.2, 0) is 4.79 Å². The minimum Gasteiger partial charge on any atom is -0.506 e. The molecular formula is C15H14ClNO5. The van der Waals surface area contributed by atoms with Crippen molar-refractivity contribution in [2.24, 2.45) is 5.73 Å². The number of carbonyl (C=O) groups excluding carboxylic acids is 1. The third kappa shape index (κ3) is 3.23. The van der Waals surface area contributed by atoms with Crippen molar-refractivity contribution in [1.82, 2.24) is 0 Å². The van der Waals surface area contributed by atoms with Crippen LogP contribution < -0.4 is 11.2 Å². The molecule has 2 rings (SSSR count). The molecule has 0 unspecified atom stereocenters. The molecule has 1 amide bonds. The van der Waals surface area contributed by atoms with E-state index in [4.69, 9.17) is 21.8 Å². The van der Waals surface area contributed by atoms with E-state index in [0.29, 0.717) is 5.56 Å². The van der Waals surface area contributed by atoms with Gasteiger partial charge in [0.1, 0.15) is 11.5 Å². The molecule has 1 atom stereocenters. The van der Waals surface area contributed by atoms with Crippen LogP contribution in [-0.4, -0.2) is 16.1 Å². The molecule has 1 aromatic carbocycles. The van der Waals surface area contributed by atoms with Gasteiger partial charge in [0.05, 0.1) is 10.9 Å². The molecule has 7 heteroatoms. The fourth-order valence-corrected chi connectivity index (χ4v) is 2.35. The maximum absolute atomic E-state index is 11.7. The van der Waals surface area contributed by atoms with Crippen molar-refractivity contribution < 1.29 is 19.4 Å². The number of primary amides is 1. The molecule has 0 spiro atoms. The molecule has 0 aliphatic carbocycles. The van der Waals surface area contributed by atoms with Gasteiger partial charge in [-0.2, -0.15) is 0 Å². The monoisotopic (exact) mass is 323 g/mol. The number of aryl methyl sites for hydroxylation is 1. The van der Waals surface area contributed by atoms with Crippen LogP contribution in [0.2, 0.25) is 5.02 Å². The minimum atomic E-state index is -0.789. The molecule has 116 valence electrons. The van der Waals surface area contributed by atoms with Crippen molar-refractivity contribution in [3.8, 4) is 11.5 Å². The van der Waals surface area contributed by atoms with Gasteiger partial charge in [-0.3, -0.25) is 9.59 Å². The van der Waals surface area contributed by atoms with E-state index in [0.717, 1.165) is 6.07 Å². The SMILES string of the molecule is Cc1cc(=O)c(O)c([C@H](CC(N)=O)c2ccc(O)c(Cl)c2)o1. The van der Waals surface area contributed by atoms with Crippen LogP contribution in [0.15, 0.2) is 33.5 Å². The average molecular weight is 324 g/mol. The van der Waals surface area contributed by atoms with Crippen molar-refractivity contribution >= 4 is 17.5 Å². The molecule has 0 bridgehead atoms. The first-order valence-electron chi connectivity index (χ1n) is 6.40. The summed E-state index contributed by atoms with van der Waals surface area (Å²) >= 11 is 5.86. The van der Waals surface area contributed by atoms with Gasteiger partial charge in [-0.25, -0.2) is 0 Å². The van der Waals surface area contributed by atoms with Gasteiger partial charge in [-0.05, 0) is 24.6 Å². The Hall–Kier alpha value is -2.47. The number of carbonyl (C=O) groups is 1. The molecule has 0 aliphatic heterocycles. The Kier molecular flexibility index (Phi) is 4.42. The van der Waals surface area contributed by atoms with Gasteiger partial charge >= 0.3 is 0 Å². The summed E-state index contributed by atoms with van der Waals surface area (Å²) in [6, 6.07) is 5.42. The first kappa shape index (κ1) is 15.9. The van der Waals surface area contributed by atoms with E-state index in [1.165, 1.54) is 18.2 Å². The molecule has 6 nitrogen and oxygen atoms in total. The van der Waals surface area contributed by atoms with Gasteiger partial charge in [-0.15, -0.1) is 0 Å². The summed E-state index contributed by atoms with van der Waals surface area (Å²) < 4.78 is 5.41. The number of benzene rings is 1. The Labute approximate surface area is 130 Å². The number of aromatic hydroxyl groups is 2. The molecule has 0 fully saturated rings. The smallest absolute Gasteiger partial charge is 0.227 e. The predicted molar refractivity (Wildman–Crippen MR) is 80.2 cm³/mol. The third-order valence-electron chi connectivity index (χ3n) is 3.17. The van der Waals surface area contributed by atoms with Crippen molar-refractivity contribution in [2.45, 2.75) is 19.3 Å². The molecule has 0 saturated carbocycles. The number of phenols is 1. The van der Waals surface area contributed by atoms with Crippen LogP contribution in [0.25, 0.3) is 0 Å². The minimum absolute atomic E-state index is 0.0643. The number of hydrogen-bond donors (Lipinski definition) is 3. The quantitative estimate of drug-likeness (QED) is 0.796. The van der Waals surface area contributed by atoms with Crippen molar-refractivity contribution in [3.63, 3.8) is 0 Å². The van der Waals surface area contributed by atoms with Gasteiger partial charge in [0, 0.05) is 12.5 Å². The van der Waals surface area contributed by atoms with Crippen LogP contribution >= 0.6 is 11.6 Å². The summed E-state index contributed by atoms with van der Waals surface area (Å²) in [4.78, 5) is 23.0.